The van der Waals surface area contributed by atoms with Gasteiger partial charge in [-0.15, -0.1) is 0 Å². The van der Waals surface area contributed by atoms with Crippen LogP contribution in [-0.4, -0.2) is 56.4 Å². The van der Waals surface area contributed by atoms with Crippen LogP contribution in [0.25, 0.3) is 0 Å². The van der Waals surface area contributed by atoms with Crippen LogP contribution in [0.15, 0.2) is 0 Å². The smallest absolute Gasteiger partial charge is 0.311 e. The van der Waals surface area contributed by atoms with Gasteiger partial charge in [-0.1, -0.05) is 19.8 Å². The first-order chi connectivity index (χ1) is 10.8. The van der Waals surface area contributed by atoms with Gasteiger partial charge in [-0.25, -0.2) is 0 Å². The first-order valence-corrected chi connectivity index (χ1v) is 19.1. The number of rotatable bonds is 13. The van der Waals surface area contributed by atoms with Crippen LogP contribution in [0, 0.1) is 7.43 Å². The minimum atomic E-state index is -2.02. The Morgan fingerprint density at radius 3 is 1.48 bits per heavy atom. The highest BCUT2D eigenvalue weighted by molar-refractivity contribution is 6.87. The largest absolute Gasteiger partial charge is 0.437 e. The van der Waals surface area contributed by atoms with Crippen molar-refractivity contribution in [1.82, 2.24) is 0 Å². The summed E-state index contributed by atoms with van der Waals surface area (Å²) in [6.07, 6.45) is 3.82. The van der Waals surface area contributed by atoms with Gasteiger partial charge in [-0.05, 0) is 71.6 Å². The maximum Gasteiger partial charge on any atom is 0.311 e. The molecule has 0 aliphatic rings. The van der Waals surface area contributed by atoms with Crippen molar-refractivity contribution in [3.05, 3.63) is 7.43 Å². The molecule has 0 aromatic carbocycles. The van der Waals surface area contributed by atoms with Gasteiger partial charge in [-0.3, -0.25) is 0 Å². The number of unbranched alkanes of at least 4 members (excludes halogenated alkanes) is 1. The molecule has 0 saturated carbocycles. The molecule has 0 aliphatic carbocycles. The molecule has 0 unspecified atom stereocenters. The number of hydrogen-bond donors (Lipinski definition) is 0. The Morgan fingerprint density at radius 1 is 0.720 bits per heavy atom. The Hall–Kier alpha value is 0.531. The van der Waals surface area contributed by atoms with Crippen LogP contribution in [-0.2, 0) is 8.23 Å². The lowest BCUT2D eigenvalue weighted by Crippen LogP contribution is -2.52. The molecule has 0 radical (unpaired) electrons. The van der Waals surface area contributed by atoms with Crippen molar-refractivity contribution in [1.29, 1.82) is 0 Å². The van der Waals surface area contributed by atoms with Gasteiger partial charge in [0.2, 0.25) is 0 Å². The van der Waals surface area contributed by atoms with E-state index in [9.17, 15) is 0 Å². The lowest BCUT2D eigenvalue weighted by molar-refractivity contribution is -0.906. The van der Waals surface area contributed by atoms with Crippen LogP contribution in [0.3, 0.4) is 0 Å². The summed E-state index contributed by atoms with van der Waals surface area (Å²) in [4.78, 5) is 0. The minimum Gasteiger partial charge on any atom is -0.437 e. The fourth-order valence-corrected chi connectivity index (χ4v) is 17.7. The first-order valence-electron chi connectivity index (χ1n) is 10.0. The molecule has 0 saturated heterocycles. The van der Waals surface area contributed by atoms with Crippen LogP contribution < -0.4 is 0 Å². The Balaban J connectivity index is 0. The fraction of sp³-hybridized carbons (Fsp3) is 0.947. The predicted octanol–water partition coefficient (Wildman–Crippen LogP) is 6.26. The van der Waals surface area contributed by atoms with Crippen LogP contribution in [0.5, 0.6) is 0 Å². The second-order valence-electron chi connectivity index (χ2n) is 9.31. The van der Waals surface area contributed by atoms with Crippen LogP contribution >= 0.6 is 0 Å². The summed E-state index contributed by atoms with van der Waals surface area (Å²) in [6.45, 7) is 24.6. The van der Waals surface area contributed by atoms with E-state index < -0.39 is 25.2 Å². The number of nitrogens with zero attached hydrogens (tertiary/aromatic N) is 1. The third kappa shape index (κ3) is 12.5. The highest BCUT2D eigenvalue weighted by Crippen LogP contribution is 2.26. The lowest BCUT2D eigenvalue weighted by Gasteiger charge is -2.39. The van der Waals surface area contributed by atoms with E-state index in [4.69, 9.17) is 8.23 Å². The van der Waals surface area contributed by atoms with Crippen molar-refractivity contribution in [2.45, 2.75) is 91.4 Å². The van der Waals surface area contributed by atoms with Gasteiger partial charge >= 0.3 is 8.56 Å². The molecule has 6 heteroatoms. The number of hydrogen-bond acceptors (Lipinski definition) is 2. The van der Waals surface area contributed by atoms with E-state index in [1.54, 1.807) is 0 Å². The Kier molecular flexibility index (Phi) is 12.6. The Labute approximate surface area is 163 Å². The Bertz CT molecular complexity index is 357. The van der Waals surface area contributed by atoms with Gasteiger partial charge in [-0.2, -0.15) is 0 Å². The standard InChI is InChI=1S/C18H46NO2Si3.CH3/c1-11-14-17-22(5,6)20-24(9,10)21-23(7,8)18-15-16-19(4,12-2)13-3;/h11-18H2,1-10H3;1H3/q+1;-1. The molecule has 0 aromatic heterocycles. The molecule has 3 nitrogen and oxygen atoms in total. The summed E-state index contributed by atoms with van der Waals surface area (Å²) in [7, 11) is -2.87. The van der Waals surface area contributed by atoms with E-state index in [0.29, 0.717) is 0 Å². The topological polar surface area (TPSA) is 18.5 Å². The van der Waals surface area contributed by atoms with Crippen LogP contribution in [0.2, 0.25) is 51.4 Å². The summed E-state index contributed by atoms with van der Waals surface area (Å²) in [6, 6.07) is 2.51. The van der Waals surface area contributed by atoms with Gasteiger partial charge in [0.15, 0.2) is 16.6 Å². The monoisotopic (exact) mass is 407 g/mol. The van der Waals surface area contributed by atoms with E-state index in [0.717, 1.165) is 0 Å². The third-order valence-corrected chi connectivity index (χ3v) is 16.6. The fourth-order valence-electron chi connectivity index (χ4n) is 3.48. The van der Waals surface area contributed by atoms with Crippen molar-refractivity contribution in [3.8, 4) is 0 Å². The summed E-state index contributed by atoms with van der Waals surface area (Å²) in [5.74, 6) is 0. The van der Waals surface area contributed by atoms with Gasteiger partial charge in [0.05, 0.1) is 26.7 Å². The molecular weight excluding hydrogens is 358 g/mol. The molecule has 0 bridgehead atoms. The van der Waals surface area contributed by atoms with Crippen molar-refractivity contribution in [2.24, 2.45) is 0 Å². The summed E-state index contributed by atoms with van der Waals surface area (Å²) in [5, 5.41) is 0. The molecule has 0 spiro atoms. The molecule has 0 aromatic rings. The molecule has 0 amide bonds. The van der Waals surface area contributed by atoms with Crippen molar-refractivity contribution < 1.29 is 12.7 Å². The second-order valence-corrected chi connectivity index (χ2v) is 21.8. The van der Waals surface area contributed by atoms with Gasteiger partial charge in [0, 0.05) is 0 Å². The molecular formula is C19H49NO2Si3. The molecule has 0 rings (SSSR count). The normalized spacial score (nSPS) is 13.7. The lowest BCUT2D eigenvalue weighted by atomic mass is 10.3. The van der Waals surface area contributed by atoms with E-state index >= 15 is 0 Å². The maximum absolute atomic E-state index is 6.71. The van der Waals surface area contributed by atoms with Crippen molar-refractivity contribution in [2.75, 3.05) is 26.7 Å². The van der Waals surface area contributed by atoms with Gasteiger partial charge < -0.3 is 20.1 Å². The maximum atomic E-state index is 6.71. The molecule has 0 heterocycles. The first kappa shape index (κ1) is 27.7. The quantitative estimate of drug-likeness (QED) is 0.204. The third-order valence-electron chi connectivity index (χ3n) is 5.18. The van der Waals surface area contributed by atoms with Crippen molar-refractivity contribution >= 4 is 25.2 Å². The number of quaternary nitrogens is 1. The molecule has 0 N–H and O–H groups in total. The summed E-state index contributed by atoms with van der Waals surface area (Å²) >= 11 is 0. The zero-order valence-electron chi connectivity index (χ0n) is 19.4. The predicted molar refractivity (Wildman–Crippen MR) is 122 cm³/mol. The zero-order chi connectivity index (χ0) is 19.1. The second kappa shape index (κ2) is 11.4. The molecule has 0 aliphatic heterocycles. The SMILES string of the molecule is CCCC[Si](C)(C)O[Si](C)(C)O[Si](C)(C)CCC[N+](C)(CC)CC.[CH3-]. The summed E-state index contributed by atoms with van der Waals surface area (Å²) in [5.41, 5.74) is 0. The van der Waals surface area contributed by atoms with E-state index in [2.05, 4.69) is 67.1 Å². The van der Waals surface area contributed by atoms with E-state index in [1.165, 1.54) is 55.5 Å². The molecule has 0 fully saturated rings. The Morgan fingerprint density at radius 2 is 1.12 bits per heavy atom. The van der Waals surface area contributed by atoms with E-state index in [1.807, 2.05) is 0 Å². The van der Waals surface area contributed by atoms with Crippen molar-refractivity contribution in [3.63, 3.8) is 0 Å². The molecule has 25 heavy (non-hydrogen) atoms. The van der Waals surface area contributed by atoms with Crippen LogP contribution in [0.1, 0.15) is 40.0 Å². The van der Waals surface area contributed by atoms with Gasteiger partial charge in [0.25, 0.3) is 0 Å². The van der Waals surface area contributed by atoms with E-state index in [-0.39, 0.29) is 7.43 Å². The zero-order valence-corrected chi connectivity index (χ0v) is 22.4. The average molecular weight is 408 g/mol. The molecule has 0 atom stereocenters. The minimum absolute atomic E-state index is 0. The summed E-state index contributed by atoms with van der Waals surface area (Å²) < 4.78 is 14.5. The average Bonchev–Trinajstić information content (AvgIpc) is 2.42. The highest BCUT2D eigenvalue weighted by Gasteiger charge is 2.39. The highest BCUT2D eigenvalue weighted by atomic mass is 28.5. The molecule has 154 valence electrons. The van der Waals surface area contributed by atoms with Gasteiger partial charge in [0.1, 0.15) is 0 Å². The van der Waals surface area contributed by atoms with Crippen LogP contribution in [0.4, 0.5) is 0 Å².